The van der Waals surface area contributed by atoms with Crippen LogP contribution in [0.2, 0.25) is 0 Å². The van der Waals surface area contributed by atoms with Gasteiger partial charge in [-0.1, -0.05) is 0 Å². The fourth-order valence-corrected chi connectivity index (χ4v) is 2.50. The lowest BCUT2D eigenvalue weighted by atomic mass is 10.1. The van der Waals surface area contributed by atoms with Gasteiger partial charge in [-0.25, -0.2) is 0 Å². The van der Waals surface area contributed by atoms with Crippen molar-refractivity contribution >= 4 is 0 Å². The van der Waals surface area contributed by atoms with Gasteiger partial charge in [-0.2, -0.15) is 0 Å². The average molecular weight is 199 g/mol. The summed E-state index contributed by atoms with van der Waals surface area (Å²) in [6.45, 7) is 3.04. The van der Waals surface area contributed by atoms with Crippen LogP contribution in [-0.2, 0) is 4.74 Å². The summed E-state index contributed by atoms with van der Waals surface area (Å²) in [6.07, 6.45) is 6.24. The summed E-state index contributed by atoms with van der Waals surface area (Å²) in [4.78, 5) is 0. The van der Waals surface area contributed by atoms with Crippen LogP contribution in [0, 0.1) is 0 Å². The van der Waals surface area contributed by atoms with Crippen LogP contribution < -0.4 is 5.32 Å². The Morgan fingerprint density at radius 1 is 1.29 bits per heavy atom. The molecule has 0 amide bonds. The first kappa shape index (κ1) is 10.4. The average Bonchev–Trinajstić information content (AvgIpc) is 2.72. The van der Waals surface area contributed by atoms with E-state index in [-0.39, 0.29) is 6.10 Å². The van der Waals surface area contributed by atoms with Gasteiger partial charge < -0.3 is 15.2 Å². The summed E-state index contributed by atoms with van der Waals surface area (Å²) < 4.78 is 5.71. The highest BCUT2D eigenvalue weighted by Crippen LogP contribution is 2.21. The molecule has 2 unspecified atom stereocenters. The van der Waals surface area contributed by atoms with Gasteiger partial charge in [0.05, 0.1) is 18.3 Å². The van der Waals surface area contributed by atoms with E-state index < -0.39 is 0 Å². The van der Waals surface area contributed by atoms with E-state index in [0.717, 1.165) is 32.2 Å². The Bertz CT molecular complexity index is 186. The Morgan fingerprint density at radius 2 is 2.14 bits per heavy atom. The Morgan fingerprint density at radius 3 is 2.71 bits per heavy atom. The lowest BCUT2D eigenvalue weighted by Gasteiger charge is -2.19. The van der Waals surface area contributed by atoms with Crippen molar-refractivity contribution in [1.29, 1.82) is 0 Å². The maximum absolute atomic E-state index is 9.61. The summed E-state index contributed by atoms with van der Waals surface area (Å²) in [7, 11) is 0. The predicted octanol–water partition coefficient (Wildman–Crippen LogP) is 1.06. The zero-order chi connectivity index (χ0) is 9.97. The fourth-order valence-electron chi connectivity index (χ4n) is 2.50. The number of rotatable bonds is 3. The van der Waals surface area contributed by atoms with E-state index in [1.54, 1.807) is 0 Å². The van der Waals surface area contributed by atoms with Gasteiger partial charge in [-0.3, -0.25) is 0 Å². The van der Waals surface area contributed by atoms with E-state index in [1.165, 1.54) is 6.42 Å². The first-order valence-electron chi connectivity index (χ1n) is 5.82. The van der Waals surface area contributed by atoms with Crippen molar-refractivity contribution in [2.45, 2.75) is 63.4 Å². The normalized spacial score (nSPS) is 43.3. The topological polar surface area (TPSA) is 41.5 Å². The molecule has 0 aromatic rings. The lowest BCUT2D eigenvalue weighted by Crippen LogP contribution is -2.40. The van der Waals surface area contributed by atoms with Crippen molar-refractivity contribution < 1.29 is 9.84 Å². The van der Waals surface area contributed by atoms with Crippen molar-refractivity contribution in [3.63, 3.8) is 0 Å². The third kappa shape index (κ3) is 2.47. The van der Waals surface area contributed by atoms with Crippen LogP contribution in [0.5, 0.6) is 0 Å². The van der Waals surface area contributed by atoms with Crippen molar-refractivity contribution in [3.05, 3.63) is 0 Å². The number of hydrogen-bond acceptors (Lipinski definition) is 3. The third-order valence-electron chi connectivity index (χ3n) is 3.41. The van der Waals surface area contributed by atoms with Gasteiger partial charge in [0.2, 0.25) is 0 Å². The van der Waals surface area contributed by atoms with Crippen molar-refractivity contribution in [1.82, 2.24) is 5.32 Å². The van der Waals surface area contributed by atoms with Crippen LogP contribution in [0.15, 0.2) is 0 Å². The van der Waals surface area contributed by atoms with Crippen LogP contribution in [0.1, 0.15) is 39.0 Å². The molecule has 0 aromatic carbocycles. The van der Waals surface area contributed by atoms with Crippen LogP contribution in [0.4, 0.5) is 0 Å². The lowest BCUT2D eigenvalue weighted by molar-refractivity contribution is 0.0501. The molecule has 0 aromatic heterocycles. The zero-order valence-electron chi connectivity index (χ0n) is 8.91. The molecule has 2 rings (SSSR count). The number of aliphatic hydroxyl groups is 1. The van der Waals surface area contributed by atoms with Gasteiger partial charge >= 0.3 is 0 Å². The minimum atomic E-state index is -0.131. The molecule has 1 heterocycles. The van der Waals surface area contributed by atoms with Gasteiger partial charge in [0.25, 0.3) is 0 Å². The van der Waals surface area contributed by atoms with Gasteiger partial charge in [0.15, 0.2) is 0 Å². The Kier molecular flexibility index (Phi) is 3.42. The Balaban J connectivity index is 1.67. The van der Waals surface area contributed by atoms with Crippen molar-refractivity contribution in [2.24, 2.45) is 0 Å². The summed E-state index contributed by atoms with van der Waals surface area (Å²) in [5.41, 5.74) is 0. The third-order valence-corrected chi connectivity index (χ3v) is 3.41. The molecule has 0 bridgehead atoms. The molecule has 1 saturated heterocycles. The number of ether oxygens (including phenoxy) is 1. The van der Waals surface area contributed by atoms with Crippen LogP contribution >= 0.6 is 0 Å². The van der Waals surface area contributed by atoms with E-state index in [9.17, 15) is 5.11 Å². The van der Waals surface area contributed by atoms with Gasteiger partial charge in [-0.15, -0.1) is 0 Å². The highest BCUT2D eigenvalue weighted by atomic mass is 16.5. The molecule has 2 fully saturated rings. The quantitative estimate of drug-likeness (QED) is 0.714. The second-order valence-corrected chi connectivity index (χ2v) is 4.66. The monoisotopic (exact) mass is 199 g/mol. The van der Waals surface area contributed by atoms with E-state index >= 15 is 0 Å². The first-order chi connectivity index (χ1) is 6.75. The summed E-state index contributed by atoms with van der Waals surface area (Å²) in [5, 5.41) is 13.0. The number of hydrogen-bond donors (Lipinski definition) is 2. The minimum Gasteiger partial charge on any atom is -0.392 e. The van der Waals surface area contributed by atoms with E-state index in [4.69, 9.17) is 4.74 Å². The highest BCUT2D eigenvalue weighted by Gasteiger charge is 2.27. The molecule has 3 nitrogen and oxygen atoms in total. The second kappa shape index (κ2) is 4.60. The first-order valence-corrected chi connectivity index (χ1v) is 5.82. The van der Waals surface area contributed by atoms with Gasteiger partial charge in [-0.05, 0) is 39.0 Å². The van der Waals surface area contributed by atoms with Crippen LogP contribution in [0.25, 0.3) is 0 Å². The zero-order valence-corrected chi connectivity index (χ0v) is 8.91. The SMILES string of the molecule is CC1CCC(CN[C@H]2CCC[C@@H]2O)O1. The standard InChI is InChI=1S/C11H21NO2/c1-8-5-6-9(14-8)7-12-10-3-2-4-11(10)13/h8-13H,2-7H2,1H3/t8?,9?,10-,11-/m0/s1. The largest absolute Gasteiger partial charge is 0.392 e. The molecule has 4 atom stereocenters. The van der Waals surface area contributed by atoms with Crippen molar-refractivity contribution in [3.8, 4) is 0 Å². The Hall–Kier alpha value is -0.120. The van der Waals surface area contributed by atoms with E-state index in [0.29, 0.717) is 18.2 Å². The maximum atomic E-state index is 9.61. The Labute approximate surface area is 85.8 Å². The minimum absolute atomic E-state index is 0.131. The van der Waals surface area contributed by atoms with E-state index in [1.807, 2.05) is 0 Å². The summed E-state index contributed by atoms with van der Waals surface area (Å²) in [6, 6.07) is 0.314. The number of aliphatic hydroxyl groups excluding tert-OH is 1. The molecule has 2 N–H and O–H groups in total. The fraction of sp³-hybridized carbons (Fsp3) is 1.00. The molecule has 1 aliphatic heterocycles. The van der Waals surface area contributed by atoms with Gasteiger partial charge in [0.1, 0.15) is 0 Å². The van der Waals surface area contributed by atoms with E-state index in [2.05, 4.69) is 12.2 Å². The molecule has 2 aliphatic rings. The summed E-state index contributed by atoms with van der Waals surface area (Å²) in [5.74, 6) is 0. The van der Waals surface area contributed by atoms with Gasteiger partial charge in [0, 0.05) is 12.6 Å². The van der Waals surface area contributed by atoms with Crippen LogP contribution in [0.3, 0.4) is 0 Å². The molecule has 0 radical (unpaired) electrons. The number of nitrogens with one attached hydrogen (secondary N) is 1. The molecule has 3 heteroatoms. The highest BCUT2D eigenvalue weighted by molar-refractivity contribution is 4.84. The second-order valence-electron chi connectivity index (χ2n) is 4.66. The molecule has 1 saturated carbocycles. The molecular weight excluding hydrogens is 178 g/mol. The smallest absolute Gasteiger partial charge is 0.0704 e. The maximum Gasteiger partial charge on any atom is 0.0704 e. The molecule has 1 aliphatic carbocycles. The van der Waals surface area contributed by atoms with Crippen LogP contribution in [-0.4, -0.2) is 36.0 Å². The summed E-state index contributed by atoms with van der Waals surface area (Å²) >= 11 is 0. The molecule has 82 valence electrons. The molecular formula is C11H21NO2. The predicted molar refractivity (Wildman–Crippen MR) is 55.2 cm³/mol. The molecule has 0 spiro atoms. The molecule has 14 heavy (non-hydrogen) atoms. The van der Waals surface area contributed by atoms with Crippen molar-refractivity contribution in [2.75, 3.05) is 6.54 Å².